The molecule has 0 fully saturated rings. The van der Waals surface area contributed by atoms with Crippen molar-refractivity contribution in [1.82, 2.24) is 10.3 Å². The smallest absolute Gasteiger partial charge is 0.383 e. The third kappa shape index (κ3) is 4.19. The molecule has 0 saturated heterocycles. The van der Waals surface area contributed by atoms with Crippen molar-refractivity contribution >= 4 is 11.7 Å². The van der Waals surface area contributed by atoms with Crippen molar-refractivity contribution in [1.29, 1.82) is 0 Å². The van der Waals surface area contributed by atoms with Gasteiger partial charge in [-0.1, -0.05) is 0 Å². The summed E-state index contributed by atoms with van der Waals surface area (Å²) < 4.78 is 49.0. The van der Waals surface area contributed by atoms with Crippen molar-refractivity contribution in [2.24, 2.45) is 0 Å². The van der Waals surface area contributed by atoms with Gasteiger partial charge in [-0.25, -0.2) is 9.37 Å². The highest BCUT2D eigenvalue weighted by molar-refractivity contribution is 5.98. The Bertz CT molecular complexity index is 447. The zero-order valence-corrected chi connectivity index (χ0v) is 9.38. The van der Waals surface area contributed by atoms with E-state index in [2.05, 4.69) is 10.3 Å². The number of pyridine rings is 1. The van der Waals surface area contributed by atoms with Gasteiger partial charge < -0.3 is 11.1 Å². The van der Waals surface area contributed by atoms with Gasteiger partial charge in [-0.3, -0.25) is 4.79 Å². The molecule has 0 saturated carbocycles. The molecule has 100 valence electrons. The number of nitrogen functional groups attached to an aromatic ring is 1. The molecule has 1 rings (SSSR count). The molecule has 1 atom stereocenters. The number of hydrogen-bond donors (Lipinski definition) is 2. The summed E-state index contributed by atoms with van der Waals surface area (Å²) in [5.41, 5.74) is 5.04. The monoisotopic (exact) mass is 265 g/mol. The highest BCUT2D eigenvalue weighted by Gasteiger charge is 2.30. The first kappa shape index (κ1) is 14.2. The van der Waals surface area contributed by atoms with Crippen molar-refractivity contribution in [3.63, 3.8) is 0 Å². The molecule has 1 aromatic rings. The Labute approximate surface area is 100 Å². The molecule has 0 aliphatic carbocycles. The fourth-order valence-electron chi connectivity index (χ4n) is 1.33. The van der Waals surface area contributed by atoms with Gasteiger partial charge in [-0.2, -0.15) is 13.2 Å². The van der Waals surface area contributed by atoms with Gasteiger partial charge in [-0.05, 0) is 13.0 Å². The van der Waals surface area contributed by atoms with Gasteiger partial charge in [0, 0.05) is 6.04 Å². The van der Waals surface area contributed by atoms with Gasteiger partial charge in [0.1, 0.15) is 11.6 Å². The Kier molecular flexibility index (Phi) is 4.10. The lowest BCUT2D eigenvalue weighted by Gasteiger charge is -2.16. The Morgan fingerprint density at radius 3 is 2.72 bits per heavy atom. The first-order valence-corrected chi connectivity index (χ1v) is 4.97. The van der Waals surface area contributed by atoms with E-state index in [1.165, 1.54) is 6.92 Å². The lowest BCUT2D eigenvalue weighted by Crippen LogP contribution is -2.36. The van der Waals surface area contributed by atoms with Gasteiger partial charge in [-0.15, -0.1) is 0 Å². The quantitative estimate of drug-likeness (QED) is 0.820. The van der Waals surface area contributed by atoms with E-state index in [0.29, 0.717) is 0 Å². The molecule has 0 bridgehead atoms. The van der Waals surface area contributed by atoms with Gasteiger partial charge in [0.25, 0.3) is 5.91 Å². The molecule has 1 amide bonds. The van der Waals surface area contributed by atoms with Crippen LogP contribution < -0.4 is 11.1 Å². The topological polar surface area (TPSA) is 68.0 Å². The highest BCUT2D eigenvalue weighted by Crippen LogP contribution is 2.21. The summed E-state index contributed by atoms with van der Waals surface area (Å²) in [4.78, 5) is 15.0. The Morgan fingerprint density at radius 1 is 1.56 bits per heavy atom. The Morgan fingerprint density at radius 2 is 2.17 bits per heavy atom. The van der Waals surface area contributed by atoms with E-state index >= 15 is 0 Å². The van der Waals surface area contributed by atoms with Crippen LogP contribution in [0.2, 0.25) is 0 Å². The number of aromatic nitrogens is 1. The minimum absolute atomic E-state index is 0.242. The number of amides is 1. The van der Waals surface area contributed by atoms with Crippen LogP contribution in [0.25, 0.3) is 0 Å². The van der Waals surface area contributed by atoms with Crippen LogP contribution in [0.1, 0.15) is 23.7 Å². The fourth-order valence-corrected chi connectivity index (χ4v) is 1.33. The summed E-state index contributed by atoms with van der Waals surface area (Å²) >= 11 is 0. The van der Waals surface area contributed by atoms with Crippen LogP contribution in [-0.2, 0) is 0 Å². The molecular formula is C10H11F4N3O. The zero-order valence-electron chi connectivity index (χ0n) is 9.38. The molecule has 1 heterocycles. The lowest BCUT2D eigenvalue weighted by atomic mass is 10.2. The molecule has 18 heavy (non-hydrogen) atoms. The molecule has 1 unspecified atom stereocenters. The van der Waals surface area contributed by atoms with Gasteiger partial charge in [0.15, 0.2) is 0 Å². The van der Waals surface area contributed by atoms with Crippen LogP contribution in [0.4, 0.5) is 23.4 Å². The maximum atomic E-state index is 12.8. The number of nitrogens with zero attached hydrogens (tertiary/aromatic N) is 1. The molecule has 0 aromatic carbocycles. The molecule has 0 aliphatic rings. The molecule has 0 radical (unpaired) electrons. The van der Waals surface area contributed by atoms with E-state index in [-0.39, 0.29) is 11.4 Å². The molecule has 8 heteroatoms. The first-order chi connectivity index (χ1) is 8.19. The van der Waals surface area contributed by atoms with Gasteiger partial charge in [0.05, 0.1) is 18.2 Å². The number of carbonyl (C=O) groups is 1. The number of hydrogen-bond acceptors (Lipinski definition) is 3. The second-order valence-electron chi connectivity index (χ2n) is 3.78. The third-order valence-electron chi connectivity index (χ3n) is 2.04. The molecule has 4 nitrogen and oxygen atoms in total. The summed E-state index contributed by atoms with van der Waals surface area (Å²) in [5.74, 6) is -1.93. The molecular weight excluding hydrogens is 254 g/mol. The van der Waals surface area contributed by atoms with Crippen LogP contribution in [-0.4, -0.2) is 23.1 Å². The Balaban J connectivity index is 2.74. The van der Waals surface area contributed by atoms with E-state index in [9.17, 15) is 22.4 Å². The molecule has 3 N–H and O–H groups in total. The van der Waals surface area contributed by atoms with Crippen molar-refractivity contribution in [2.75, 3.05) is 5.73 Å². The SMILES string of the molecule is CC(CC(F)(F)F)NC(=O)c1cc(F)cnc1N. The summed E-state index contributed by atoms with van der Waals surface area (Å²) in [6.07, 6.45) is -4.76. The second-order valence-corrected chi connectivity index (χ2v) is 3.78. The number of nitrogens with two attached hydrogens (primary N) is 1. The molecule has 0 aliphatic heterocycles. The summed E-state index contributed by atoms with van der Waals surface area (Å²) in [6.45, 7) is 1.19. The zero-order chi connectivity index (χ0) is 13.9. The standard InChI is InChI=1S/C10H11F4N3O/c1-5(3-10(12,13)14)17-9(18)7-2-6(11)4-16-8(7)15/h2,4-5H,3H2,1H3,(H2,15,16)(H,17,18). The predicted octanol–water partition coefficient (Wildman–Crippen LogP) is 1.87. The van der Waals surface area contributed by atoms with E-state index in [1.807, 2.05) is 0 Å². The fraction of sp³-hybridized carbons (Fsp3) is 0.400. The number of rotatable bonds is 3. The van der Waals surface area contributed by atoms with Crippen LogP contribution in [0.5, 0.6) is 0 Å². The van der Waals surface area contributed by atoms with Crippen molar-refractivity contribution < 1.29 is 22.4 Å². The minimum Gasteiger partial charge on any atom is -0.383 e. The number of nitrogens with one attached hydrogen (secondary N) is 1. The second kappa shape index (κ2) is 5.19. The van der Waals surface area contributed by atoms with E-state index in [0.717, 1.165) is 12.3 Å². The van der Waals surface area contributed by atoms with Gasteiger partial charge >= 0.3 is 6.18 Å². The third-order valence-corrected chi connectivity index (χ3v) is 2.04. The number of alkyl halides is 3. The normalized spacial score (nSPS) is 13.2. The van der Waals surface area contributed by atoms with Crippen molar-refractivity contribution in [3.05, 3.63) is 23.6 Å². The van der Waals surface area contributed by atoms with Crippen molar-refractivity contribution in [2.45, 2.75) is 25.6 Å². The van der Waals surface area contributed by atoms with E-state index in [4.69, 9.17) is 5.73 Å². The number of carbonyl (C=O) groups excluding carboxylic acids is 1. The van der Waals surface area contributed by atoms with Crippen molar-refractivity contribution in [3.8, 4) is 0 Å². The van der Waals surface area contributed by atoms with E-state index < -0.39 is 30.4 Å². The van der Waals surface area contributed by atoms with Crippen LogP contribution in [0, 0.1) is 5.82 Å². The predicted molar refractivity (Wildman–Crippen MR) is 56.2 cm³/mol. The first-order valence-electron chi connectivity index (χ1n) is 4.97. The Hall–Kier alpha value is -1.86. The van der Waals surface area contributed by atoms with Crippen LogP contribution in [0.15, 0.2) is 12.3 Å². The summed E-state index contributed by atoms with van der Waals surface area (Å²) in [5, 5.41) is 2.08. The molecule has 0 spiro atoms. The maximum Gasteiger partial charge on any atom is 0.391 e. The van der Waals surface area contributed by atoms with E-state index in [1.54, 1.807) is 0 Å². The van der Waals surface area contributed by atoms with Crippen LogP contribution in [0.3, 0.4) is 0 Å². The van der Waals surface area contributed by atoms with Crippen LogP contribution >= 0.6 is 0 Å². The van der Waals surface area contributed by atoms with Gasteiger partial charge in [0.2, 0.25) is 0 Å². The average Bonchev–Trinajstić information content (AvgIpc) is 2.18. The summed E-state index contributed by atoms with van der Waals surface area (Å²) in [6, 6.07) is -0.321. The summed E-state index contributed by atoms with van der Waals surface area (Å²) in [7, 11) is 0. The number of anilines is 1. The maximum absolute atomic E-state index is 12.8. The average molecular weight is 265 g/mol. The molecule has 1 aromatic heterocycles. The number of halogens is 4. The lowest BCUT2D eigenvalue weighted by molar-refractivity contribution is -0.138. The minimum atomic E-state index is -4.39. The largest absolute Gasteiger partial charge is 0.391 e. The highest BCUT2D eigenvalue weighted by atomic mass is 19.4.